The summed E-state index contributed by atoms with van der Waals surface area (Å²) in [5.74, 6) is 10.2. The SMILES string of the molecule is C#CCN(CC#CC(O)C#CS)SI. The Kier molecular flexibility index (Phi) is 9.60. The molecule has 1 N–H and O–H groups in total. The monoisotopic (exact) mass is 337 g/mol. The van der Waals surface area contributed by atoms with Crippen LogP contribution in [0.25, 0.3) is 0 Å². The van der Waals surface area contributed by atoms with Gasteiger partial charge in [-0.3, -0.25) is 0 Å². The third-order valence-electron chi connectivity index (χ3n) is 1.06. The smallest absolute Gasteiger partial charge is 0.177 e. The Morgan fingerprint density at radius 3 is 2.71 bits per heavy atom. The normalized spacial score (nSPS) is 10.5. The standard InChI is InChI=1S/C9H8INOS2/c1-2-6-11(14-10)7-3-4-9(12)5-8-13/h1,9,12-13H,6-7H2. The maximum Gasteiger partial charge on any atom is 0.177 e. The van der Waals surface area contributed by atoms with Gasteiger partial charge in [-0.25, -0.2) is 4.31 Å². The molecule has 0 aromatic rings. The van der Waals surface area contributed by atoms with Gasteiger partial charge in [0.15, 0.2) is 6.10 Å². The van der Waals surface area contributed by atoms with E-state index in [0.717, 1.165) is 0 Å². The van der Waals surface area contributed by atoms with Gasteiger partial charge in [-0.1, -0.05) is 30.4 Å². The lowest BCUT2D eigenvalue weighted by Gasteiger charge is -2.09. The molecule has 1 atom stereocenters. The zero-order chi connectivity index (χ0) is 10.8. The van der Waals surface area contributed by atoms with Gasteiger partial charge in [0, 0.05) is 21.2 Å². The maximum atomic E-state index is 9.10. The van der Waals surface area contributed by atoms with E-state index < -0.39 is 6.10 Å². The Labute approximate surface area is 106 Å². The quantitative estimate of drug-likeness (QED) is 0.350. The average Bonchev–Trinajstić information content (AvgIpc) is 2.17. The lowest BCUT2D eigenvalue weighted by Crippen LogP contribution is -2.14. The van der Waals surface area contributed by atoms with E-state index >= 15 is 0 Å². The molecule has 0 fully saturated rings. The van der Waals surface area contributed by atoms with Crippen molar-refractivity contribution in [3.05, 3.63) is 0 Å². The average molecular weight is 337 g/mol. The van der Waals surface area contributed by atoms with Crippen LogP contribution in [0.3, 0.4) is 0 Å². The topological polar surface area (TPSA) is 23.5 Å². The molecule has 0 bridgehead atoms. The molecule has 0 amide bonds. The van der Waals surface area contributed by atoms with Crippen molar-refractivity contribution >= 4 is 43.0 Å². The number of halogens is 1. The van der Waals surface area contributed by atoms with Gasteiger partial charge < -0.3 is 5.11 Å². The molecule has 0 aliphatic rings. The fourth-order valence-electron chi connectivity index (χ4n) is 0.534. The van der Waals surface area contributed by atoms with E-state index in [1.165, 1.54) is 9.12 Å². The van der Waals surface area contributed by atoms with Crippen LogP contribution in [-0.4, -0.2) is 28.6 Å². The van der Waals surface area contributed by atoms with Crippen molar-refractivity contribution in [2.75, 3.05) is 13.1 Å². The molecule has 0 heterocycles. The number of hydrogen-bond acceptors (Lipinski definition) is 4. The van der Waals surface area contributed by atoms with Gasteiger partial charge in [0.1, 0.15) is 0 Å². The van der Waals surface area contributed by atoms with Crippen LogP contribution in [0.1, 0.15) is 0 Å². The number of terminal acetylenes is 1. The summed E-state index contributed by atoms with van der Waals surface area (Å²) in [4.78, 5) is 0. The Morgan fingerprint density at radius 2 is 2.21 bits per heavy atom. The predicted octanol–water partition coefficient (Wildman–Crippen LogP) is 1.17. The minimum atomic E-state index is -0.931. The zero-order valence-electron chi connectivity index (χ0n) is 7.20. The second-order valence-electron chi connectivity index (χ2n) is 2.05. The Hall–Kier alpha value is 0.0300. The first-order valence-corrected chi connectivity index (χ1v) is 7.29. The number of aliphatic hydroxyl groups is 1. The molecular weight excluding hydrogens is 329 g/mol. The first-order valence-electron chi connectivity index (χ1n) is 3.52. The van der Waals surface area contributed by atoms with Crippen molar-refractivity contribution in [2.45, 2.75) is 6.10 Å². The number of rotatable bonds is 3. The summed E-state index contributed by atoms with van der Waals surface area (Å²) >= 11 is 5.77. The van der Waals surface area contributed by atoms with Crippen molar-refractivity contribution < 1.29 is 5.11 Å². The molecule has 1 unspecified atom stereocenters. The van der Waals surface area contributed by atoms with E-state index in [1.807, 2.05) is 4.31 Å². The molecule has 0 saturated heterocycles. The van der Waals surface area contributed by atoms with Crippen molar-refractivity contribution in [1.82, 2.24) is 4.31 Å². The minimum absolute atomic E-state index is 0.503. The van der Waals surface area contributed by atoms with Crippen molar-refractivity contribution in [1.29, 1.82) is 0 Å². The van der Waals surface area contributed by atoms with Crippen LogP contribution in [0.15, 0.2) is 0 Å². The fourth-order valence-corrected chi connectivity index (χ4v) is 1.73. The van der Waals surface area contributed by atoms with Gasteiger partial charge in [-0.05, 0) is 20.3 Å². The second-order valence-corrected chi connectivity index (χ2v) is 4.11. The summed E-state index contributed by atoms with van der Waals surface area (Å²) in [6.45, 7) is 1.03. The third-order valence-corrected chi connectivity index (χ3v) is 3.31. The molecule has 0 radical (unpaired) electrons. The van der Waals surface area contributed by atoms with Crippen LogP contribution in [0.2, 0.25) is 0 Å². The van der Waals surface area contributed by atoms with E-state index in [9.17, 15) is 0 Å². The number of thiol groups is 1. The van der Waals surface area contributed by atoms with Crippen LogP contribution in [0, 0.1) is 35.4 Å². The van der Waals surface area contributed by atoms with Crippen molar-refractivity contribution in [2.24, 2.45) is 0 Å². The summed E-state index contributed by atoms with van der Waals surface area (Å²) in [5, 5.41) is 11.4. The number of aliphatic hydroxyl groups excluding tert-OH is 1. The number of nitrogens with zero attached hydrogens (tertiary/aromatic N) is 1. The summed E-state index contributed by atoms with van der Waals surface area (Å²) in [7, 11) is 1.49. The van der Waals surface area contributed by atoms with Crippen molar-refractivity contribution in [3.8, 4) is 35.4 Å². The third kappa shape index (κ3) is 7.44. The molecule has 0 saturated carbocycles. The first kappa shape index (κ1) is 14.0. The van der Waals surface area contributed by atoms with Gasteiger partial charge in [-0.2, -0.15) is 0 Å². The molecule has 14 heavy (non-hydrogen) atoms. The summed E-state index contributed by atoms with van der Waals surface area (Å²) < 4.78 is 1.88. The second kappa shape index (κ2) is 9.58. The highest BCUT2D eigenvalue weighted by atomic mass is 127. The van der Waals surface area contributed by atoms with E-state index in [4.69, 9.17) is 11.5 Å². The van der Waals surface area contributed by atoms with Crippen LogP contribution in [-0.2, 0) is 0 Å². The van der Waals surface area contributed by atoms with E-state index in [0.29, 0.717) is 13.1 Å². The lowest BCUT2D eigenvalue weighted by atomic mass is 10.4. The minimum Gasteiger partial charge on any atom is -0.369 e. The first-order chi connectivity index (χ1) is 6.74. The summed E-state index contributed by atoms with van der Waals surface area (Å²) in [6.07, 6.45) is 4.21. The van der Waals surface area contributed by atoms with Gasteiger partial charge in [-0.15, -0.1) is 6.42 Å². The zero-order valence-corrected chi connectivity index (χ0v) is 11.1. The van der Waals surface area contributed by atoms with Gasteiger partial charge in [0.05, 0.1) is 13.1 Å². The highest BCUT2D eigenvalue weighted by molar-refractivity contribution is 14.2. The van der Waals surface area contributed by atoms with Crippen LogP contribution >= 0.6 is 43.0 Å². The van der Waals surface area contributed by atoms with Crippen LogP contribution in [0.4, 0.5) is 0 Å². The summed E-state index contributed by atoms with van der Waals surface area (Å²) in [5.41, 5.74) is 0. The Bertz CT molecular complexity index is 318. The highest BCUT2D eigenvalue weighted by Crippen LogP contribution is 2.16. The largest absolute Gasteiger partial charge is 0.369 e. The van der Waals surface area contributed by atoms with Crippen molar-refractivity contribution in [3.63, 3.8) is 0 Å². The van der Waals surface area contributed by atoms with E-state index in [1.54, 1.807) is 0 Å². The van der Waals surface area contributed by atoms with Crippen LogP contribution in [0.5, 0.6) is 0 Å². The molecule has 74 valence electrons. The lowest BCUT2D eigenvalue weighted by molar-refractivity contribution is 0.289. The van der Waals surface area contributed by atoms with E-state index in [-0.39, 0.29) is 0 Å². The Morgan fingerprint density at radius 1 is 1.50 bits per heavy atom. The predicted molar refractivity (Wildman–Crippen MR) is 72.6 cm³/mol. The van der Waals surface area contributed by atoms with Crippen LogP contribution < -0.4 is 0 Å². The molecule has 5 heteroatoms. The Balaban J connectivity index is 3.99. The fraction of sp³-hybridized carbons (Fsp3) is 0.333. The molecule has 0 aromatic heterocycles. The molecular formula is C9H8INOS2. The maximum absolute atomic E-state index is 9.10. The highest BCUT2D eigenvalue weighted by Gasteiger charge is 1.98. The van der Waals surface area contributed by atoms with Gasteiger partial charge in [0.2, 0.25) is 0 Å². The molecule has 0 aromatic carbocycles. The molecule has 0 aliphatic carbocycles. The van der Waals surface area contributed by atoms with Gasteiger partial charge in [0.25, 0.3) is 0 Å². The van der Waals surface area contributed by atoms with E-state index in [2.05, 4.69) is 62.8 Å². The number of hydrogen-bond donors (Lipinski definition) is 2. The summed E-state index contributed by atoms with van der Waals surface area (Å²) in [6, 6.07) is 0. The molecule has 0 spiro atoms. The van der Waals surface area contributed by atoms with Gasteiger partial charge >= 0.3 is 0 Å². The molecule has 2 nitrogen and oxygen atoms in total. The molecule has 0 rings (SSSR count). The molecule has 0 aliphatic heterocycles.